The van der Waals surface area contributed by atoms with Gasteiger partial charge in [0.15, 0.2) is 0 Å². The van der Waals surface area contributed by atoms with E-state index in [1.54, 1.807) is 16.8 Å². The third-order valence-electron chi connectivity index (χ3n) is 5.61. The molecule has 1 aromatic heterocycles. The maximum absolute atomic E-state index is 13.4. The summed E-state index contributed by atoms with van der Waals surface area (Å²) in [6.45, 7) is 0.667. The lowest BCUT2D eigenvalue weighted by Crippen LogP contribution is -2.44. The van der Waals surface area contributed by atoms with Gasteiger partial charge in [0.05, 0.1) is 11.5 Å². The molecular weight excluding hydrogens is 391 g/mol. The first kappa shape index (κ1) is 20.2. The van der Waals surface area contributed by atoms with E-state index in [0.717, 1.165) is 22.5 Å². The van der Waals surface area contributed by atoms with E-state index in [4.69, 9.17) is 0 Å². The van der Waals surface area contributed by atoms with Gasteiger partial charge in [-0.25, -0.2) is 4.98 Å². The molecule has 4 nitrogen and oxygen atoms in total. The number of carbonyl (C=O) groups is 1. The number of hydrogen-bond acceptors (Lipinski definition) is 3. The van der Waals surface area contributed by atoms with Crippen LogP contribution in [-0.4, -0.2) is 31.0 Å². The Morgan fingerprint density at radius 3 is 2.63 bits per heavy atom. The fourth-order valence-electron chi connectivity index (χ4n) is 4.03. The fourth-order valence-corrected chi connectivity index (χ4v) is 4.03. The second-order valence-corrected chi connectivity index (χ2v) is 7.59. The first-order chi connectivity index (χ1) is 14.3. The van der Waals surface area contributed by atoms with Crippen LogP contribution in [0.5, 0.6) is 0 Å². The summed E-state index contributed by atoms with van der Waals surface area (Å²) < 4.78 is 40.2. The van der Waals surface area contributed by atoms with Crippen LogP contribution in [0.25, 0.3) is 10.8 Å². The van der Waals surface area contributed by atoms with Crippen LogP contribution in [0.1, 0.15) is 18.4 Å². The van der Waals surface area contributed by atoms with Gasteiger partial charge in [-0.2, -0.15) is 13.2 Å². The van der Waals surface area contributed by atoms with Crippen molar-refractivity contribution in [2.24, 2.45) is 5.92 Å². The lowest BCUT2D eigenvalue weighted by Gasteiger charge is -2.35. The fraction of sp³-hybridized carbons (Fsp3) is 0.304. The molecule has 0 spiro atoms. The highest BCUT2D eigenvalue weighted by Crippen LogP contribution is 2.36. The molecular formula is C23H22F3N3O. The van der Waals surface area contributed by atoms with Crippen molar-refractivity contribution in [2.75, 3.05) is 29.9 Å². The molecule has 0 N–H and O–H groups in total. The van der Waals surface area contributed by atoms with E-state index >= 15 is 0 Å². The molecule has 3 aromatic rings. The van der Waals surface area contributed by atoms with E-state index < -0.39 is 17.7 Å². The molecule has 7 heteroatoms. The van der Waals surface area contributed by atoms with Crippen molar-refractivity contribution in [2.45, 2.75) is 19.0 Å². The SMILES string of the molecule is CN(C(=O)C1CCCN(c2ncccc2C(F)(F)F)C1)c1ccc2ccccc2c1. The summed E-state index contributed by atoms with van der Waals surface area (Å²) in [6, 6.07) is 16.0. The van der Waals surface area contributed by atoms with Gasteiger partial charge in [-0.1, -0.05) is 30.3 Å². The number of anilines is 2. The summed E-state index contributed by atoms with van der Waals surface area (Å²) in [5, 5.41) is 2.11. The van der Waals surface area contributed by atoms with Crippen LogP contribution < -0.4 is 9.80 Å². The number of pyridine rings is 1. The molecule has 2 heterocycles. The lowest BCUT2D eigenvalue weighted by molar-refractivity contribution is -0.137. The van der Waals surface area contributed by atoms with Gasteiger partial charge in [0, 0.05) is 32.0 Å². The average molecular weight is 413 g/mol. The van der Waals surface area contributed by atoms with Gasteiger partial charge in [-0.15, -0.1) is 0 Å². The standard InChI is InChI=1S/C23H22F3N3O/c1-28(19-11-10-16-6-2-3-7-17(16)14-19)22(30)18-8-5-13-29(15-18)21-20(23(24,25)26)9-4-12-27-21/h2-4,6-7,9-12,14,18H,5,8,13,15H2,1H3. The number of alkyl halides is 3. The zero-order valence-corrected chi connectivity index (χ0v) is 16.6. The molecule has 156 valence electrons. The van der Waals surface area contributed by atoms with E-state index in [1.165, 1.54) is 12.3 Å². The van der Waals surface area contributed by atoms with E-state index in [2.05, 4.69) is 4.98 Å². The Kier molecular flexibility index (Phi) is 5.37. The minimum absolute atomic E-state index is 0.0977. The number of carbonyl (C=O) groups excluding carboxylic acids is 1. The quantitative estimate of drug-likeness (QED) is 0.597. The Bertz CT molecular complexity index is 1070. The summed E-state index contributed by atoms with van der Waals surface area (Å²) in [4.78, 5) is 20.3. The highest BCUT2D eigenvalue weighted by molar-refractivity contribution is 5.97. The van der Waals surface area contributed by atoms with Gasteiger partial charge in [-0.05, 0) is 47.9 Å². The molecule has 1 aliphatic rings. The van der Waals surface area contributed by atoms with Crippen LogP contribution in [0.15, 0.2) is 60.8 Å². The highest BCUT2D eigenvalue weighted by atomic mass is 19.4. The largest absolute Gasteiger partial charge is 0.419 e. The predicted molar refractivity (Wildman–Crippen MR) is 112 cm³/mol. The third-order valence-corrected chi connectivity index (χ3v) is 5.61. The monoisotopic (exact) mass is 413 g/mol. The highest BCUT2D eigenvalue weighted by Gasteiger charge is 2.37. The zero-order valence-electron chi connectivity index (χ0n) is 16.6. The van der Waals surface area contributed by atoms with Crippen molar-refractivity contribution in [3.63, 3.8) is 0 Å². The number of hydrogen-bond donors (Lipinski definition) is 0. The van der Waals surface area contributed by atoms with Crippen LogP contribution in [0.2, 0.25) is 0 Å². The number of piperidine rings is 1. The molecule has 30 heavy (non-hydrogen) atoms. The van der Waals surface area contributed by atoms with E-state index in [9.17, 15) is 18.0 Å². The molecule has 4 rings (SSSR count). The Morgan fingerprint density at radius 1 is 1.10 bits per heavy atom. The third kappa shape index (κ3) is 3.97. The molecule has 1 unspecified atom stereocenters. The zero-order chi connectivity index (χ0) is 21.3. The number of aromatic nitrogens is 1. The van der Waals surface area contributed by atoms with Crippen LogP contribution in [0.4, 0.5) is 24.7 Å². The van der Waals surface area contributed by atoms with Gasteiger partial charge < -0.3 is 9.80 Å². The summed E-state index contributed by atoms with van der Waals surface area (Å²) in [7, 11) is 1.72. The molecule has 0 radical (unpaired) electrons. The second-order valence-electron chi connectivity index (χ2n) is 7.59. The van der Waals surface area contributed by atoms with Crippen LogP contribution in [-0.2, 0) is 11.0 Å². The first-order valence-electron chi connectivity index (χ1n) is 9.88. The van der Waals surface area contributed by atoms with Gasteiger partial charge in [-0.3, -0.25) is 4.79 Å². The van der Waals surface area contributed by atoms with E-state index in [-0.39, 0.29) is 18.3 Å². The maximum Gasteiger partial charge on any atom is 0.419 e. The molecule has 1 fully saturated rings. The second kappa shape index (κ2) is 7.97. The number of rotatable bonds is 3. The van der Waals surface area contributed by atoms with Gasteiger partial charge in [0.25, 0.3) is 0 Å². The lowest BCUT2D eigenvalue weighted by atomic mass is 9.95. The predicted octanol–water partition coefficient (Wildman–Crippen LogP) is 5.13. The van der Waals surface area contributed by atoms with Crippen LogP contribution in [0, 0.1) is 5.92 Å². The van der Waals surface area contributed by atoms with Gasteiger partial charge >= 0.3 is 6.18 Å². The van der Waals surface area contributed by atoms with Crippen LogP contribution >= 0.6 is 0 Å². The van der Waals surface area contributed by atoms with Crippen molar-refractivity contribution in [3.05, 3.63) is 66.4 Å². The first-order valence-corrected chi connectivity index (χ1v) is 9.88. The van der Waals surface area contributed by atoms with Crippen molar-refractivity contribution in [1.82, 2.24) is 4.98 Å². The van der Waals surface area contributed by atoms with E-state index in [0.29, 0.717) is 19.4 Å². The topological polar surface area (TPSA) is 36.4 Å². The Balaban J connectivity index is 1.55. The number of amides is 1. The van der Waals surface area contributed by atoms with Crippen molar-refractivity contribution in [3.8, 4) is 0 Å². The number of nitrogens with zero attached hydrogens (tertiary/aromatic N) is 3. The molecule has 1 saturated heterocycles. The molecule has 1 atom stereocenters. The van der Waals surface area contributed by atoms with Crippen molar-refractivity contribution in [1.29, 1.82) is 0 Å². The molecule has 1 aliphatic heterocycles. The van der Waals surface area contributed by atoms with Crippen molar-refractivity contribution < 1.29 is 18.0 Å². The maximum atomic E-state index is 13.4. The van der Waals surface area contributed by atoms with Crippen LogP contribution in [0.3, 0.4) is 0 Å². The normalized spacial score (nSPS) is 17.2. The smallest absolute Gasteiger partial charge is 0.355 e. The summed E-state index contributed by atoms with van der Waals surface area (Å²) in [5.74, 6) is -0.589. The number of benzene rings is 2. The minimum Gasteiger partial charge on any atom is -0.355 e. The van der Waals surface area contributed by atoms with Gasteiger partial charge in [0.2, 0.25) is 5.91 Å². The Labute approximate surface area is 172 Å². The average Bonchev–Trinajstić information content (AvgIpc) is 2.77. The van der Waals surface area contributed by atoms with Crippen molar-refractivity contribution >= 4 is 28.2 Å². The van der Waals surface area contributed by atoms with Gasteiger partial charge in [0.1, 0.15) is 5.82 Å². The van der Waals surface area contributed by atoms with E-state index in [1.807, 2.05) is 42.5 Å². The Morgan fingerprint density at radius 2 is 1.87 bits per heavy atom. The Hall–Kier alpha value is -3.09. The summed E-state index contributed by atoms with van der Waals surface area (Å²) in [5.41, 5.74) is 0.00521. The number of halogens is 3. The molecule has 0 bridgehead atoms. The molecule has 0 aliphatic carbocycles. The summed E-state index contributed by atoms with van der Waals surface area (Å²) >= 11 is 0. The molecule has 1 amide bonds. The summed E-state index contributed by atoms with van der Waals surface area (Å²) in [6.07, 6.45) is -1.85. The molecule has 2 aromatic carbocycles. The molecule has 0 saturated carbocycles. The minimum atomic E-state index is -4.48. The number of fused-ring (bicyclic) bond motifs is 1.